The van der Waals surface area contributed by atoms with Crippen LogP contribution in [0.5, 0.6) is 0 Å². The third kappa shape index (κ3) is 2.37. The molecule has 62 valence electrons. The number of rotatable bonds is 1. The van der Waals surface area contributed by atoms with Crippen LogP contribution in [-0.4, -0.2) is 18.0 Å². The molecule has 1 aliphatic rings. The van der Waals surface area contributed by atoms with Gasteiger partial charge in [0, 0.05) is 25.2 Å². The van der Waals surface area contributed by atoms with Crippen LogP contribution < -0.4 is 0 Å². The van der Waals surface area contributed by atoms with Gasteiger partial charge in [-0.05, 0) is 13.3 Å². The van der Waals surface area contributed by atoms with E-state index in [1.54, 1.807) is 6.08 Å². The van der Waals surface area contributed by atoms with Crippen LogP contribution in [0.2, 0.25) is 0 Å². The van der Waals surface area contributed by atoms with E-state index in [2.05, 4.69) is 11.5 Å². The van der Waals surface area contributed by atoms with Gasteiger partial charge in [-0.1, -0.05) is 12.7 Å². The van der Waals surface area contributed by atoms with Gasteiger partial charge in [-0.3, -0.25) is 0 Å². The monoisotopic (exact) mass is 155 g/mol. The summed E-state index contributed by atoms with van der Waals surface area (Å²) < 4.78 is 12.7. The van der Waals surface area contributed by atoms with E-state index in [1.807, 2.05) is 6.92 Å². The highest BCUT2D eigenvalue weighted by Gasteiger charge is 2.08. The molecule has 1 aliphatic heterocycles. The number of allylic oxidation sites excluding steroid dienone is 1. The average Bonchev–Trinajstić information content (AvgIpc) is 2.13. The summed E-state index contributed by atoms with van der Waals surface area (Å²) in [5, 5.41) is 0. The molecule has 0 aromatic carbocycles. The minimum absolute atomic E-state index is 0.0220. The summed E-state index contributed by atoms with van der Waals surface area (Å²) in [5.74, 6) is 0.0220. The highest BCUT2D eigenvalue weighted by molar-refractivity contribution is 5.00. The summed E-state index contributed by atoms with van der Waals surface area (Å²) in [6, 6.07) is 0. The Morgan fingerprint density at radius 2 is 2.36 bits per heavy atom. The molecule has 0 atom stereocenters. The number of halogens is 1. The number of hydrogen-bond donors (Lipinski definition) is 0. The molecule has 0 bridgehead atoms. The average molecular weight is 155 g/mol. The van der Waals surface area contributed by atoms with Crippen LogP contribution in [0, 0.1) is 0 Å². The Balaban J connectivity index is 2.47. The summed E-state index contributed by atoms with van der Waals surface area (Å²) in [6.07, 6.45) is 3.01. The fourth-order valence-electron chi connectivity index (χ4n) is 1.21. The molecule has 0 spiro atoms. The Kier molecular flexibility index (Phi) is 2.69. The maximum atomic E-state index is 12.7. The summed E-state index contributed by atoms with van der Waals surface area (Å²) >= 11 is 0. The van der Waals surface area contributed by atoms with Crippen LogP contribution in [0.1, 0.15) is 19.8 Å². The van der Waals surface area contributed by atoms with Crippen LogP contribution in [0.3, 0.4) is 0 Å². The SMILES string of the molecule is C=C(C)N1CCC=C(F)CC1. The first-order chi connectivity index (χ1) is 5.20. The summed E-state index contributed by atoms with van der Waals surface area (Å²) in [4.78, 5) is 2.11. The molecular formula is C9H14FN. The van der Waals surface area contributed by atoms with E-state index in [-0.39, 0.29) is 5.83 Å². The zero-order valence-corrected chi connectivity index (χ0v) is 6.94. The molecule has 11 heavy (non-hydrogen) atoms. The van der Waals surface area contributed by atoms with Crippen molar-refractivity contribution in [2.24, 2.45) is 0 Å². The quantitative estimate of drug-likeness (QED) is 0.562. The zero-order chi connectivity index (χ0) is 8.27. The fraction of sp³-hybridized carbons (Fsp3) is 0.556. The molecule has 0 aliphatic carbocycles. The van der Waals surface area contributed by atoms with Crippen molar-refractivity contribution in [1.29, 1.82) is 0 Å². The molecule has 0 fully saturated rings. The molecule has 2 heteroatoms. The van der Waals surface area contributed by atoms with E-state index in [0.29, 0.717) is 6.42 Å². The van der Waals surface area contributed by atoms with Crippen molar-refractivity contribution in [2.75, 3.05) is 13.1 Å². The summed E-state index contributed by atoms with van der Waals surface area (Å²) in [6.45, 7) is 7.47. The number of nitrogens with zero attached hydrogens (tertiary/aromatic N) is 1. The molecule has 0 N–H and O–H groups in total. The maximum absolute atomic E-state index is 12.7. The van der Waals surface area contributed by atoms with Crippen molar-refractivity contribution in [2.45, 2.75) is 19.8 Å². The van der Waals surface area contributed by atoms with Crippen molar-refractivity contribution in [3.05, 3.63) is 24.2 Å². The minimum atomic E-state index is 0.0220. The van der Waals surface area contributed by atoms with Crippen LogP contribution in [0.4, 0.5) is 4.39 Å². The fourth-order valence-corrected chi connectivity index (χ4v) is 1.21. The Labute approximate surface area is 67.2 Å². The van der Waals surface area contributed by atoms with Crippen molar-refractivity contribution in [1.82, 2.24) is 4.90 Å². The molecular weight excluding hydrogens is 141 g/mol. The normalized spacial score (nSPS) is 19.1. The third-order valence-electron chi connectivity index (χ3n) is 1.93. The molecule has 1 nitrogen and oxygen atoms in total. The smallest absolute Gasteiger partial charge is 0.0978 e. The van der Waals surface area contributed by atoms with Crippen molar-refractivity contribution < 1.29 is 4.39 Å². The van der Waals surface area contributed by atoms with E-state index in [9.17, 15) is 4.39 Å². The first-order valence-electron chi connectivity index (χ1n) is 3.95. The first kappa shape index (κ1) is 8.31. The highest BCUT2D eigenvalue weighted by Crippen LogP contribution is 2.14. The molecule has 0 unspecified atom stereocenters. The van der Waals surface area contributed by atoms with Crippen molar-refractivity contribution in [3.63, 3.8) is 0 Å². The van der Waals surface area contributed by atoms with E-state index < -0.39 is 0 Å². The van der Waals surface area contributed by atoms with Crippen molar-refractivity contribution >= 4 is 0 Å². The van der Waals surface area contributed by atoms with E-state index in [1.165, 1.54) is 0 Å². The predicted molar refractivity (Wildman–Crippen MR) is 44.8 cm³/mol. The Bertz CT molecular complexity index is 184. The molecule has 0 saturated heterocycles. The molecule has 0 aromatic heterocycles. The first-order valence-corrected chi connectivity index (χ1v) is 3.95. The lowest BCUT2D eigenvalue weighted by molar-refractivity contribution is 0.358. The molecule has 1 rings (SSSR count). The van der Waals surface area contributed by atoms with Gasteiger partial charge in [0.2, 0.25) is 0 Å². The van der Waals surface area contributed by atoms with Gasteiger partial charge < -0.3 is 4.90 Å². The maximum Gasteiger partial charge on any atom is 0.0978 e. The standard InChI is InChI=1S/C9H14FN/c1-8(2)11-6-3-4-9(10)5-7-11/h4H,1,3,5-7H2,2H3. The van der Waals surface area contributed by atoms with E-state index in [4.69, 9.17) is 0 Å². The number of hydrogen-bond acceptors (Lipinski definition) is 1. The van der Waals surface area contributed by atoms with Crippen LogP contribution in [0.15, 0.2) is 24.2 Å². The molecule has 0 amide bonds. The van der Waals surface area contributed by atoms with Gasteiger partial charge in [-0.2, -0.15) is 0 Å². The van der Waals surface area contributed by atoms with E-state index in [0.717, 1.165) is 25.2 Å². The summed E-state index contributed by atoms with van der Waals surface area (Å²) in [7, 11) is 0. The van der Waals surface area contributed by atoms with Gasteiger partial charge in [0.05, 0.1) is 5.83 Å². The van der Waals surface area contributed by atoms with Crippen molar-refractivity contribution in [3.8, 4) is 0 Å². The van der Waals surface area contributed by atoms with Crippen LogP contribution in [0.25, 0.3) is 0 Å². The molecule has 1 heterocycles. The van der Waals surface area contributed by atoms with Crippen LogP contribution in [-0.2, 0) is 0 Å². The van der Waals surface area contributed by atoms with Crippen LogP contribution >= 0.6 is 0 Å². The molecule has 0 aromatic rings. The lowest BCUT2D eigenvalue weighted by Gasteiger charge is -2.21. The van der Waals surface area contributed by atoms with Gasteiger partial charge in [-0.15, -0.1) is 0 Å². The molecule has 0 radical (unpaired) electrons. The second-order valence-corrected chi connectivity index (χ2v) is 2.91. The Morgan fingerprint density at radius 3 is 3.00 bits per heavy atom. The third-order valence-corrected chi connectivity index (χ3v) is 1.93. The lowest BCUT2D eigenvalue weighted by atomic mass is 10.3. The summed E-state index contributed by atoms with van der Waals surface area (Å²) in [5.41, 5.74) is 1.04. The lowest BCUT2D eigenvalue weighted by Crippen LogP contribution is -2.21. The predicted octanol–water partition coefficient (Wildman–Crippen LogP) is 2.47. The molecule has 0 saturated carbocycles. The van der Waals surface area contributed by atoms with Gasteiger partial charge in [-0.25, -0.2) is 4.39 Å². The second kappa shape index (κ2) is 3.56. The Morgan fingerprint density at radius 1 is 1.64 bits per heavy atom. The van der Waals surface area contributed by atoms with Gasteiger partial charge in [0.1, 0.15) is 0 Å². The largest absolute Gasteiger partial charge is 0.375 e. The zero-order valence-electron chi connectivity index (χ0n) is 6.94. The van der Waals surface area contributed by atoms with Gasteiger partial charge in [0.25, 0.3) is 0 Å². The van der Waals surface area contributed by atoms with Gasteiger partial charge in [0.15, 0.2) is 0 Å². The highest BCUT2D eigenvalue weighted by atomic mass is 19.1. The Hall–Kier alpha value is -0.790. The topological polar surface area (TPSA) is 3.24 Å². The van der Waals surface area contributed by atoms with Gasteiger partial charge >= 0.3 is 0 Å². The van der Waals surface area contributed by atoms with E-state index >= 15 is 0 Å². The second-order valence-electron chi connectivity index (χ2n) is 2.91. The minimum Gasteiger partial charge on any atom is -0.375 e.